The maximum atomic E-state index is 9.73. The molecule has 0 aliphatic heterocycles. The minimum Gasteiger partial charge on any atom is -0.380 e. The van der Waals surface area contributed by atoms with Crippen molar-refractivity contribution < 1.29 is 9.53 Å². The molecular formula is C9H22NO2P. The minimum atomic E-state index is 0.618. The number of rotatable bonds is 7. The van der Waals surface area contributed by atoms with E-state index in [1.54, 1.807) is 0 Å². The zero-order valence-electron chi connectivity index (χ0n) is 8.93. The van der Waals surface area contributed by atoms with Crippen molar-refractivity contribution in [2.45, 2.75) is 19.8 Å². The molecule has 0 bridgehead atoms. The van der Waals surface area contributed by atoms with E-state index in [0.717, 1.165) is 28.0 Å². The normalized spacial score (nSPS) is 8.54. The maximum absolute atomic E-state index is 9.73. The number of ether oxygens (including phenoxy) is 1. The van der Waals surface area contributed by atoms with Crippen molar-refractivity contribution in [3.8, 4) is 0 Å². The first-order valence-corrected chi connectivity index (χ1v) is 6.66. The summed E-state index contributed by atoms with van der Waals surface area (Å²) in [5, 5.41) is 2.52. The van der Waals surface area contributed by atoms with Crippen molar-refractivity contribution in [3.63, 3.8) is 0 Å². The molecule has 0 unspecified atom stereocenters. The van der Waals surface area contributed by atoms with E-state index in [0.29, 0.717) is 19.6 Å². The van der Waals surface area contributed by atoms with Crippen LogP contribution < -0.4 is 5.32 Å². The Kier molecular flexibility index (Phi) is 21.0. The predicted molar refractivity (Wildman–Crippen MR) is 60.0 cm³/mol. The van der Waals surface area contributed by atoms with Crippen molar-refractivity contribution >= 4 is 15.0 Å². The quantitative estimate of drug-likeness (QED) is 0.390. The molecule has 0 saturated carbocycles. The number of carbonyl (C=O) groups excluding carboxylic acids is 1. The molecular weight excluding hydrogens is 185 g/mol. The molecule has 0 saturated heterocycles. The van der Waals surface area contributed by atoms with Gasteiger partial charge in [0, 0.05) is 13.2 Å². The highest BCUT2D eigenvalue weighted by Crippen LogP contribution is 1.86. The molecule has 1 N–H and O–H groups in total. The van der Waals surface area contributed by atoms with Gasteiger partial charge in [-0.15, -0.1) is 8.58 Å². The van der Waals surface area contributed by atoms with Crippen molar-refractivity contribution in [3.05, 3.63) is 0 Å². The molecule has 0 atom stereocenters. The van der Waals surface area contributed by atoms with Crippen LogP contribution >= 0.6 is 8.58 Å². The number of hydrogen-bond acceptors (Lipinski definition) is 2. The van der Waals surface area contributed by atoms with Crippen molar-refractivity contribution in [1.82, 2.24) is 5.32 Å². The summed E-state index contributed by atoms with van der Waals surface area (Å²) in [5.41, 5.74) is 0. The van der Waals surface area contributed by atoms with Crippen molar-refractivity contribution in [2.75, 3.05) is 33.1 Å². The predicted octanol–water partition coefficient (Wildman–Crippen LogP) is 1.47. The van der Waals surface area contributed by atoms with Crippen LogP contribution in [0.25, 0.3) is 0 Å². The van der Waals surface area contributed by atoms with Crippen LogP contribution in [0.2, 0.25) is 0 Å². The Morgan fingerprint density at radius 1 is 1.38 bits per heavy atom. The summed E-state index contributed by atoms with van der Waals surface area (Å²) >= 11 is 0. The second kappa shape index (κ2) is 17.8. The summed E-state index contributed by atoms with van der Waals surface area (Å²) in [5.74, 6) is 0. The summed E-state index contributed by atoms with van der Waals surface area (Å²) in [6.07, 6.45) is 2.94. The zero-order chi connectivity index (χ0) is 10.4. The number of unbranched alkanes of at least 4 members (excludes halogenated alkanes) is 1. The van der Waals surface area contributed by atoms with Crippen LogP contribution in [0.3, 0.4) is 0 Å². The van der Waals surface area contributed by atoms with E-state index < -0.39 is 0 Å². The molecule has 0 aromatic carbocycles. The second-order valence-electron chi connectivity index (χ2n) is 2.54. The highest BCUT2D eigenvalue weighted by molar-refractivity contribution is 7.35. The Morgan fingerprint density at radius 2 is 2.00 bits per heavy atom. The third kappa shape index (κ3) is 24.5. The van der Waals surface area contributed by atoms with Gasteiger partial charge in [0.25, 0.3) is 0 Å². The molecule has 1 amide bonds. The molecule has 13 heavy (non-hydrogen) atoms. The maximum Gasteiger partial charge on any atom is 0.207 e. The van der Waals surface area contributed by atoms with Gasteiger partial charge in [-0.2, -0.15) is 0 Å². The van der Waals surface area contributed by atoms with Crippen LogP contribution in [-0.4, -0.2) is 39.5 Å². The molecule has 0 spiro atoms. The van der Waals surface area contributed by atoms with E-state index in [1.165, 1.54) is 0 Å². The van der Waals surface area contributed by atoms with Gasteiger partial charge in [0.15, 0.2) is 0 Å². The first-order chi connectivity index (χ1) is 6.33. The second-order valence-corrected chi connectivity index (χ2v) is 3.54. The molecule has 4 heteroatoms. The summed E-state index contributed by atoms with van der Waals surface area (Å²) in [7, 11) is 1.08. The Balaban J connectivity index is 0. The van der Waals surface area contributed by atoms with Gasteiger partial charge in [-0.3, -0.25) is 4.79 Å². The van der Waals surface area contributed by atoms with Gasteiger partial charge in [-0.25, -0.2) is 0 Å². The molecule has 0 aromatic rings. The van der Waals surface area contributed by atoms with Crippen LogP contribution in [0.15, 0.2) is 0 Å². The van der Waals surface area contributed by atoms with Crippen LogP contribution in [-0.2, 0) is 9.53 Å². The van der Waals surface area contributed by atoms with E-state index >= 15 is 0 Å². The van der Waals surface area contributed by atoms with Gasteiger partial charge in [0.1, 0.15) is 0 Å². The lowest BCUT2D eigenvalue weighted by atomic mass is 10.4. The molecule has 0 radical (unpaired) electrons. The lowest BCUT2D eigenvalue weighted by Gasteiger charge is -2.00. The first-order valence-electron chi connectivity index (χ1n) is 4.66. The van der Waals surface area contributed by atoms with Gasteiger partial charge in [0.2, 0.25) is 6.41 Å². The molecule has 0 aliphatic carbocycles. The average molecular weight is 207 g/mol. The lowest BCUT2D eigenvalue weighted by molar-refractivity contribution is -0.109. The van der Waals surface area contributed by atoms with Gasteiger partial charge in [0.05, 0.1) is 6.61 Å². The fraction of sp³-hybridized carbons (Fsp3) is 0.889. The molecule has 3 nitrogen and oxygen atoms in total. The summed E-state index contributed by atoms with van der Waals surface area (Å²) in [6, 6.07) is 0. The first kappa shape index (κ1) is 15.3. The van der Waals surface area contributed by atoms with Gasteiger partial charge < -0.3 is 10.1 Å². The smallest absolute Gasteiger partial charge is 0.207 e. The van der Waals surface area contributed by atoms with Gasteiger partial charge in [-0.05, 0) is 19.8 Å². The van der Waals surface area contributed by atoms with Crippen molar-refractivity contribution in [1.29, 1.82) is 0 Å². The summed E-state index contributed by atoms with van der Waals surface area (Å²) in [6.45, 7) is 8.47. The van der Waals surface area contributed by atoms with Crippen LogP contribution in [0.1, 0.15) is 19.8 Å². The van der Waals surface area contributed by atoms with Crippen LogP contribution in [0, 0.1) is 0 Å². The fourth-order valence-corrected chi connectivity index (χ4v) is 0.538. The Labute approximate surface area is 83.4 Å². The van der Waals surface area contributed by atoms with E-state index in [9.17, 15) is 4.79 Å². The Morgan fingerprint density at radius 3 is 2.46 bits per heavy atom. The largest absolute Gasteiger partial charge is 0.380 e. The molecule has 0 fully saturated rings. The van der Waals surface area contributed by atoms with Crippen LogP contribution in [0.5, 0.6) is 0 Å². The number of hydrogen-bond donors (Lipinski definition) is 1. The Bertz CT molecular complexity index is 91.7. The third-order valence-corrected chi connectivity index (χ3v) is 1.12. The highest BCUT2D eigenvalue weighted by Gasteiger charge is 1.85. The monoisotopic (exact) mass is 207 g/mol. The Hall–Kier alpha value is -0.140. The summed E-state index contributed by atoms with van der Waals surface area (Å²) in [4.78, 5) is 9.73. The average Bonchev–Trinajstić information content (AvgIpc) is 2.13. The topological polar surface area (TPSA) is 38.3 Å². The fourth-order valence-electron chi connectivity index (χ4n) is 0.538. The van der Waals surface area contributed by atoms with E-state index in [4.69, 9.17) is 4.74 Å². The summed E-state index contributed by atoms with van der Waals surface area (Å²) < 4.78 is 5.15. The number of nitrogens with one attached hydrogen (secondary N) is 1. The SMILES string of the molecule is CCCCOCCNC=O.CPC. The molecule has 0 heterocycles. The molecule has 0 aromatic heterocycles. The standard InChI is InChI=1S/C7H15NO2.C2H7P/c1-2-3-5-10-6-4-8-7-9;1-3-2/h7H,2-6H2,1H3,(H,8,9);3H,1-2H3. The van der Waals surface area contributed by atoms with Gasteiger partial charge >= 0.3 is 0 Å². The third-order valence-electron chi connectivity index (χ3n) is 1.12. The molecule has 0 rings (SSSR count). The van der Waals surface area contributed by atoms with Crippen LogP contribution in [0.4, 0.5) is 0 Å². The minimum absolute atomic E-state index is 0.618. The lowest BCUT2D eigenvalue weighted by Crippen LogP contribution is -2.17. The molecule has 80 valence electrons. The van der Waals surface area contributed by atoms with E-state index in [1.807, 2.05) is 0 Å². The molecule has 0 aliphatic rings. The van der Waals surface area contributed by atoms with E-state index in [-0.39, 0.29) is 0 Å². The highest BCUT2D eigenvalue weighted by atomic mass is 31.1. The zero-order valence-corrected chi connectivity index (χ0v) is 9.93. The number of amides is 1. The van der Waals surface area contributed by atoms with Gasteiger partial charge in [-0.1, -0.05) is 13.3 Å². The number of carbonyl (C=O) groups is 1. The van der Waals surface area contributed by atoms with Crippen molar-refractivity contribution in [2.24, 2.45) is 0 Å². The van der Waals surface area contributed by atoms with E-state index in [2.05, 4.69) is 25.6 Å².